The highest BCUT2D eigenvalue weighted by atomic mass is 79.9. The van der Waals surface area contributed by atoms with Crippen molar-refractivity contribution in [2.45, 2.75) is 0 Å². The van der Waals surface area contributed by atoms with Crippen LogP contribution in [0, 0.1) is 12.3 Å². The van der Waals surface area contributed by atoms with Crippen molar-refractivity contribution in [1.29, 1.82) is 0 Å². The molecule has 0 aliphatic rings. The number of carboxylic acid groups (broad SMARTS) is 1. The molecule has 0 fully saturated rings. The van der Waals surface area contributed by atoms with Gasteiger partial charge in [0.15, 0.2) is 0 Å². The van der Waals surface area contributed by atoms with E-state index < -0.39 is 18.4 Å². The monoisotopic (exact) mass is 355 g/mol. The Morgan fingerprint density at radius 1 is 1.33 bits per heavy atom. The first-order valence-corrected chi connectivity index (χ1v) is 6.60. The van der Waals surface area contributed by atoms with Gasteiger partial charge >= 0.3 is 5.97 Å². The van der Waals surface area contributed by atoms with E-state index in [0.29, 0.717) is 16.0 Å². The van der Waals surface area contributed by atoms with E-state index in [-0.39, 0.29) is 12.1 Å². The Morgan fingerprint density at radius 3 is 2.24 bits per heavy atom. The lowest BCUT2D eigenvalue weighted by Gasteiger charge is -2.19. The summed E-state index contributed by atoms with van der Waals surface area (Å²) in [7, 11) is 2.90. The Balaban J connectivity index is 3.21. The van der Waals surface area contributed by atoms with Crippen LogP contribution in [-0.4, -0.2) is 49.2 Å². The minimum absolute atomic E-state index is 0.105. The second-order valence-electron chi connectivity index (χ2n) is 3.95. The molecule has 7 heteroatoms. The molecule has 1 aromatic rings. The van der Waals surface area contributed by atoms with Crippen LogP contribution in [0.5, 0.6) is 11.5 Å². The van der Waals surface area contributed by atoms with E-state index in [2.05, 4.69) is 21.9 Å². The molecule has 112 valence electrons. The second kappa shape index (κ2) is 7.55. The Labute approximate surface area is 130 Å². The van der Waals surface area contributed by atoms with Crippen LogP contribution in [0.15, 0.2) is 16.6 Å². The van der Waals surface area contributed by atoms with Crippen LogP contribution in [0.2, 0.25) is 0 Å². The molecule has 0 saturated carbocycles. The van der Waals surface area contributed by atoms with Gasteiger partial charge in [0.25, 0.3) is 5.91 Å². The Kier molecular flexibility index (Phi) is 6.06. The van der Waals surface area contributed by atoms with Crippen LogP contribution in [0.25, 0.3) is 0 Å². The van der Waals surface area contributed by atoms with Crippen molar-refractivity contribution in [2.24, 2.45) is 0 Å². The van der Waals surface area contributed by atoms with Crippen LogP contribution in [-0.2, 0) is 4.79 Å². The molecule has 0 heterocycles. The zero-order valence-corrected chi connectivity index (χ0v) is 13.1. The number of rotatable bonds is 6. The number of carboxylic acids is 1. The van der Waals surface area contributed by atoms with Crippen LogP contribution >= 0.6 is 15.9 Å². The Bertz CT molecular complexity index is 569. The van der Waals surface area contributed by atoms with Crippen molar-refractivity contribution in [1.82, 2.24) is 4.90 Å². The van der Waals surface area contributed by atoms with Gasteiger partial charge in [-0.1, -0.05) is 5.92 Å². The van der Waals surface area contributed by atoms with E-state index >= 15 is 0 Å². The predicted octanol–water partition coefficient (Wildman–Crippen LogP) is 1.63. The first-order chi connectivity index (χ1) is 9.94. The number of nitrogens with zero attached hydrogens (tertiary/aromatic N) is 1. The number of ether oxygens (including phenoxy) is 2. The highest BCUT2D eigenvalue weighted by molar-refractivity contribution is 9.10. The summed E-state index contributed by atoms with van der Waals surface area (Å²) in [6.07, 6.45) is 5.16. The van der Waals surface area contributed by atoms with E-state index in [0.717, 1.165) is 4.90 Å². The molecule has 0 saturated heterocycles. The lowest BCUT2D eigenvalue weighted by Crippen LogP contribution is -2.36. The van der Waals surface area contributed by atoms with E-state index in [9.17, 15) is 9.59 Å². The number of carbonyl (C=O) groups is 2. The molecule has 0 spiro atoms. The number of aliphatic carboxylic acids is 1. The smallest absolute Gasteiger partial charge is 0.323 e. The largest absolute Gasteiger partial charge is 0.495 e. The zero-order valence-electron chi connectivity index (χ0n) is 11.6. The third-order valence-electron chi connectivity index (χ3n) is 2.59. The van der Waals surface area contributed by atoms with Gasteiger partial charge in [0.05, 0.1) is 20.8 Å². The molecule has 1 rings (SSSR count). The first kappa shape index (κ1) is 16.9. The lowest BCUT2D eigenvalue weighted by atomic mass is 10.1. The van der Waals surface area contributed by atoms with Gasteiger partial charge in [0.2, 0.25) is 0 Å². The Hall–Kier alpha value is -2.20. The number of carbonyl (C=O) groups excluding carboxylic acids is 1. The standard InChI is InChI=1S/C14H14BrNO5/c1-4-5-16(8-12(17)18)14(19)9-6-10(20-2)13(15)11(7-9)21-3/h1,6-7H,5,8H2,2-3H3,(H,17,18). The molecular weight excluding hydrogens is 342 g/mol. The maximum absolute atomic E-state index is 12.4. The highest BCUT2D eigenvalue weighted by Gasteiger charge is 2.21. The summed E-state index contributed by atoms with van der Waals surface area (Å²) in [6, 6.07) is 2.97. The summed E-state index contributed by atoms with van der Waals surface area (Å²) in [5.74, 6) is 1.40. The summed E-state index contributed by atoms with van der Waals surface area (Å²) in [5, 5.41) is 8.83. The fourth-order valence-corrected chi connectivity index (χ4v) is 2.20. The number of terminal acetylenes is 1. The second-order valence-corrected chi connectivity index (χ2v) is 4.75. The van der Waals surface area contributed by atoms with Gasteiger partial charge in [-0.2, -0.15) is 0 Å². The normalized spacial score (nSPS) is 9.62. The summed E-state index contributed by atoms with van der Waals surface area (Å²) in [6.45, 7) is -0.588. The van der Waals surface area contributed by atoms with Crippen LogP contribution in [0.3, 0.4) is 0 Å². The van der Waals surface area contributed by atoms with Crippen LogP contribution < -0.4 is 9.47 Å². The number of amides is 1. The fraction of sp³-hybridized carbons (Fsp3) is 0.286. The average molecular weight is 356 g/mol. The number of benzene rings is 1. The molecule has 0 atom stereocenters. The molecule has 0 unspecified atom stereocenters. The van der Waals surface area contributed by atoms with E-state index in [1.54, 1.807) is 0 Å². The summed E-state index contributed by atoms with van der Waals surface area (Å²) >= 11 is 3.29. The van der Waals surface area contributed by atoms with Gasteiger partial charge in [0, 0.05) is 5.56 Å². The minimum atomic E-state index is -1.14. The molecule has 0 aliphatic heterocycles. The molecule has 0 aromatic heterocycles. The molecule has 1 amide bonds. The van der Waals surface area contributed by atoms with Crippen LogP contribution in [0.1, 0.15) is 10.4 Å². The minimum Gasteiger partial charge on any atom is -0.495 e. The van der Waals surface area contributed by atoms with Crippen molar-refractivity contribution in [2.75, 3.05) is 27.3 Å². The number of methoxy groups -OCH3 is 2. The summed E-state index contributed by atoms with van der Waals surface area (Å²) in [4.78, 5) is 24.2. The van der Waals surface area contributed by atoms with Gasteiger partial charge < -0.3 is 19.5 Å². The average Bonchev–Trinajstić information content (AvgIpc) is 2.46. The predicted molar refractivity (Wildman–Crippen MR) is 79.6 cm³/mol. The van der Waals surface area contributed by atoms with Crippen molar-refractivity contribution in [3.63, 3.8) is 0 Å². The van der Waals surface area contributed by atoms with Crippen molar-refractivity contribution in [3.8, 4) is 23.8 Å². The van der Waals surface area contributed by atoms with Gasteiger partial charge in [0.1, 0.15) is 22.5 Å². The lowest BCUT2D eigenvalue weighted by molar-refractivity contribution is -0.137. The molecule has 21 heavy (non-hydrogen) atoms. The van der Waals surface area contributed by atoms with Crippen molar-refractivity contribution >= 4 is 27.8 Å². The van der Waals surface area contributed by atoms with Gasteiger partial charge in [-0.3, -0.25) is 9.59 Å². The Morgan fingerprint density at radius 2 is 1.86 bits per heavy atom. The fourth-order valence-electron chi connectivity index (χ4n) is 1.65. The highest BCUT2D eigenvalue weighted by Crippen LogP contribution is 2.35. The molecule has 0 radical (unpaired) electrons. The molecule has 1 aromatic carbocycles. The number of halogens is 1. The van der Waals surface area contributed by atoms with Crippen molar-refractivity contribution in [3.05, 3.63) is 22.2 Å². The molecule has 6 nitrogen and oxygen atoms in total. The zero-order chi connectivity index (χ0) is 16.0. The first-order valence-electron chi connectivity index (χ1n) is 5.80. The maximum Gasteiger partial charge on any atom is 0.323 e. The van der Waals surface area contributed by atoms with Crippen molar-refractivity contribution < 1.29 is 24.2 Å². The number of hydrogen-bond acceptors (Lipinski definition) is 4. The third kappa shape index (κ3) is 4.13. The van der Waals surface area contributed by atoms with Crippen LogP contribution in [0.4, 0.5) is 0 Å². The van der Waals surface area contributed by atoms with E-state index in [4.69, 9.17) is 21.0 Å². The third-order valence-corrected chi connectivity index (χ3v) is 3.37. The summed E-state index contributed by atoms with van der Waals surface area (Å²) in [5.41, 5.74) is 0.225. The van der Waals surface area contributed by atoms with E-state index in [1.807, 2.05) is 0 Å². The topological polar surface area (TPSA) is 76.1 Å². The van der Waals surface area contributed by atoms with Gasteiger partial charge in [-0.05, 0) is 28.1 Å². The maximum atomic E-state index is 12.4. The molecular formula is C14H14BrNO5. The van der Waals surface area contributed by atoms with Gasteiger partial charge in [-0.25, -0.2) is 0 Å². The molecule has 1 N–H and O–H groups in total. The number of hydrogen-bond donors (Lipinski definition) is 1. The molecule has 0 aliphatic carbocycles. The SMILES string of the molecule is C#CCN(CC(=O)O)C(=O)c1cc(OC)c(Br)c(OC)c1. The molecule has 0 bridgehead atoms. The summed E-state index contributed by atoms with van der Waals surface area (Å²) < 4.78 is 10.9. The van der Waals surface area contributed by atoms with Gasteiger partial charge in [-0.15, -0.1) is 6.42 Å². The quantitative estimate of drug-likeness (QED) is 0.784. The van der Waals surface area contributed by atoms with E-state index in [1.165, 1.54) is 26.4 Å².